The highest BCUT2D eigenvalue weighted by Gasteiger charge is 2.27. The quantitative estimate of drug-likeness (QED) is 0.382. The van der Waals surface area contributed by atoms with E-state index in [0.717, 1.165) is 27.6 Å². The van der Waals surface area contributed by atoms with Crippen LogP contribution in [0.1, 0.15) is 22.3 Å². The van der Waals surface area contributed by atoms with Crippen molar-refractivity contribution in [2.45, 2.75) is 31.8 Å². The number of sulfonamides is 1. The maximum absolute atomic E-state index is 13.6. The zero-order chi connectivity index (χ0) is 22.9. The smallest absolute Gasteiger partial charge is 0.252 e. The van der Waals surface area contributed by atoms with E-state index in [9.17, 15) is 13.2 Å². The van der Waals surface area contributed by atoms with Crippen molar-refractivity contribution < 1.29 is 8.42 Å². The van der Waals surface area contributed by atoms with E-state index in [0.29, 0.717) is 10.0 Å². The van der Waals surface area contributed by atoms with Crippen LogP contribution in [0.3, 0.4) is 0 Å². The summed E-state index contributed by atoms with van der Waals surface area (Å²) in [5, 5.41) is 0.884. The third-order valence-electron chi connectivity index (χ3n) is 5.37. The van der Waals surface area contributed by atoms with E-state index >= 15 is 0 Å². The van der Waals surface area contributed by atoms with Crippen LogP contribution in [0.5, 0.6) is 0 Å². The summed E-state index contributed by atoms with van der Waals surface area (Å²) >= 11 is 3.36. The Labute approximate surface area is 195 Å². The monoisotopic (exact) mass is 510 g/mol. The molecule has 1 heterocycles. The summed E-state index contributed by atoms with van der Waals surface area (Å²) in [6, 6.07) is 21.9. The van der Waals surface area contributed by atoms with Crippen LogP contribution in [0.25, 0.3) is 10.9 Å². The van der Waals surface area contributed by atoms with Crippen molar-refractivity contribution in [3.8, 4) is 0 Å². The molecule has 7 heteroatoms. The fourth-order valence-electron chi connectivity index (χ4n) is 3.85. The highest BCUT2D eigenvalue weighted by molar-refractivity contribution is 9.10. The van der Waals surface area contributed by atoms with Crippen molar-refractivity contribution in [1.29, 1.82) is 0 Å². The fraction of sp³-hybridized carbons (Fsp3) is 0.160. The molecule has 4 rings (SSSR count). The average Bonchev–Trinajstić information content (AvgIpc) is 2.75. The molecule has 4 aromatic rings. The van der Waals surface area contributed by atoms with Crippen molar-refractivity contribution in [2.75, 3.05) is 0 Å². The molecular weight excluding hydrogens is 488 g/mol. The first-order chi connectivity index (χ1) is 15.3. The van der Waals surface area contributed by atoms with Gasteiger partial charge in [-0.15, -0.1) is 0 Å². The minimum Gasteiger partial charge on any atom is -0.321 e. The van der Waals surface area contributed by atoms with Crippen molar-refractivity contribution in [2.24, 2.45) is 0 Å². The highest BCUT2D eigenvalue weighted by Crippen LogP contribution is 2.27. The summed E-state index contributed by atoms with van der Waals surface area (Å²) in [7, 11) is -3.88. The predicted molar refractivity (Wildman–Crippen MR) is 131 cm³/mol. The van der Waals surface area contributed by atoms with E-state index in [1.165, 1.54) is 4.31 Å². The molecule has 0 saturated heterocycles. The molecule has 0 spiro atoms. The van der Waals surface area contributed by atoms with E-state index in [1.807, 2.05) is 56.3 Å². The van der Waals surface area contributed by atoms with Crippen molar-refractivity contribution in [3.63, 3.8) is 0 Å². The average molecular weight is 511 g/mol. The highest BCUT2D eigenvalue weighted by atomic mass is 79.9. The zero-order valence-corrected chi connectivity index (χ0v) is 20.2. The Hall–Kier alpha value is -2.74. The van der Waals surface area contributed by atoms with Gasteiger partial charge in [0, 0.05) is 23.1 Å². The van der Waals surface area contributed by atoms with E-state index in [-0.39, 0.29) is 23.5 Å². The van der Waals surface area contributed by atoms with Gasteiger partial charge in [-0.1, -0.05) is 54.1 Å². The number of pyridine rings is 1. The van der Waals surface area contributed by atoms with Crippen molar-refractivity contribution >= 4 is 36.9 Å². The second-order valence-electron chi connectivity index (χ2n) is 7.86. The molecule has 0 atom stereocenters. The van der Waals surface area contributed by atoms with Crippen LogP contribution in [-0.4, -0.2) is 17.7 Å². The second kappa shape index (κ2) is 9.02. The molecule has 0 radical (unpaired) electrons. The van der Waals surface area contributed by atoms with Crippen molar-refractivity contribution in [3.05, 3.63) is 110 Å². The van der Waals surface area contributed by atoms with Crippen LogP contribution in [0, 0.1) is 13.8 Å². The van der Waals surface area contributed by atoms with Gasteiger partial charge in [-0.3, -0.25) is 4.79 Å². The number of nitrogens with zero attached hydrogens (tertiary/aromatic N) is 1. The van der Waals surface area contributed by atoms with Gasteiger partial charge in [0.05, 0.1) is 10.4 Å². The Morgan fingerprint density at radius 2 is 1.59 bits per heavy atom. The number of nitrogens with one attached hydrogen (secondary N) is 1. The van der Waals surface area contributed by atoms with Gasteiger partial charge in [0.2, 0.25) is 10.0 Å². The van der Waals surface area contributed by atoms with Gasteiger partial charge < -0.3 is 4.98 Å². The molecule has 0 bridgehead atoms. The normalized spacial score (nSPS) is 11.9. The lowest BCUT2D eigenvalue weighted by molar-refractivity contribution is 0.399. The van der Waals surface area contributed by atoms with Gasteiger partial charge >= 0.3 is 0 Å². The number of H-pyrrole nitrogens is 1. The standard InChI is InChI=1S/C25H23BrN2O3S/c1-17-12-18(2)24-20(13-17)14-21(25(29)27-24)16-28(15-19-8-4-3-5-9-19)32(30,31)23-11-7-6-10-22(23)26/h3-14H,15-16H2,1-2H3,(H,27,29). The Bertz CT molecular complexity index is 1450. The number of benzene rings is 3. The van der Waals surface area contributed by atoms with Gasteiger partial charge in [-0.25, -0.2) is 8.42 Å². The third-order valence-corrected chi connectivity index (χ3v) is 8.18. The molecule has 0 aliphatic carbocycles. The number of fused-ring (bicyclic) bond motifs is 1. The van der Waals surface area contributed by atoms with Crippen LogP contribution in [0.4, 0.5) is 0 Å². The lowest BCUT2D eigenvalue weighted by Crippen LogP contribution is -2.32. The van der Waals surface area contributed by atoms with Crippen LogP contribution < -0.4 is 5.56 Å². The molecule has 0 aliphatic heterocycles. The number of aryl methyl sites for hydroxylation is 2. The summed E-state index contributed by atoms with van der Waals surface area (Å²) in [5.74, 6) is 0. The van der Waals surface area contributed by atoms with Gasteiger partial charge in [0.1, 0.15) is 0 Å². The lowest BCUT2D eigenvalue weighted by atomic mass is 10.1. The minimum atomic E-state index is -3.88. The molecule has 5 nitrogen and oxygen atoms in total. The SMILES string of the molecule is Cc1cc(C)c2[nH]c(=O)c(CN(Cc3ccccc3)S(=O)(=O)c3ccccc3Br)cc2c1. The van der Waals surface area contributed by atoms with Gasteiger partial charge in [0.25, 0.3) is 5.56 Å². The molecule has 1 N–H and O–H groups in total. The van der Waals surface area contributed by atoms with Gasteiger partial charge in [0.15, 0.2) is 0 Å². The summed E-state index contributed by atoms with van der Waals surface area (Å²) in [5.41, 5.74) is 3.78. The Balaban J connectivity index is 1.82. The number of rotatable bonds is 6. The Morgan fingerprint density at radius 3 is 2.31 bits per heavy atom. The molecular formula is C25H23BrN2O3S. The molecule has 0 aliphatic rings. The van der Waals surface area contributed by atoms with E-state index < -0.39 is 10.0 Å². The Kier molecular flexibility index (Phi) is 6.33. The maximum atomic E-state index is 13.6. The predicted octanol–water partition coefficient (Wildman–Crippen LogP) is 5.30. The van der Waals surface area contributed by atoms with Crippen LogP contribution in [0.2, 0.25) is 0 Å². The maximum Gasteiger partial charge on any atom is 0.252 e. The number of aromatic amines is 1. The van der Waals surface area contributed by atoms with Crippen LogP contribution in [-0.2, 0) is 23.1 Å². The summed E-state index contributed by atoms with van der Waals surface area (Å²) in [6.07, 6.45) is 0. The first-order valence-corrected chi connectivity index (χ1v) is 12.4. The summed E-state index contributed by atoms with van der Waals surface area (Å²) in [6.45, 7) is 4.05. The van der Waals surface area contributed by atoms with Crippen LogP contribution in [0.15, 0.2) is 87.0 Å². The van der Waals surface area contributed by atoms with Gasteiger partial charge in [-0.2, -0.15) is 4.31 Å². The lowest BCUT2D eigenvalue weighted by Gasteiger charge is -2.23. The van der Waals surface area contributed by atoms with E-state index in [1.54, 1.807) is 30.3 Å². The zero-order valence-electron chi connectivity index (χ0n) is 17.8. The number of halogens is 1. The summed E-state index contributed by atoms with van der Waals surface area (Å²) in [4.78, 5) is 16.0. The molecule has 0 amide bonds. The van der Waals surface area contributed by atoms with Gasteiger partial charge in [-0.05, 0) is 70.6 Å². The topological polar surface area (TPSA) is 70.2 Å². The van der Waals surface area contributed by atoms with E-state index in [4.69, 9.17) is 0 Å². The first-order valence-electron chi connectivity index (χ1n) is 10.2. The minimum absolute atomic E-state index is 0.0448. The molecule has 0 saturated carbocycles. The third kappa shape index (κ3) is 4.55. The molecule has 164 valence electrons. The van der Waals surface area contributed by atoms with Crippen molar-refractivity contribution in [1.82, 2.24) is 9.29 Å². The molecule has 1 aromatic heterocycles. The Morgan fingerprint density at radius 1 is 0.906 bits per heavy atom. The molecule has 0 unspecified atom stereocenters. The number of aromatic nitrogens is 1. The number of hydrogen-bond acceptors (Lipinski definition) is 3. The molecule has 32 heavy (non-hydrogen) atoms. The summed E-state index contributed by atoms with van der Waals surface area (Å²) < 4.78 is 29.1. The fourth-order valence-corrected chi connectivity index (χ4v) is 6.22. The second-order valence-corrected chi connectivity index (χ2v) is 10.6. The van der Waals surface area contributed by atoms with Crippen LogP contribution >= 0.6 is 15.9 Å². The van der Waals surface area contributed by atoms with E-state index in [2.05, 4.69) is 20.9 Å². The number of hydrogen-bond donors (Lipinski definition) is 1. The first kappa shape index (κ1) is 22.5. The largest absolute Gasteiger partial charge is 0.321 e. The molecule has 3 aromatic carbocycles. The molecule has 0 fully saturated rings.